The summed E-state index contributed by atoms with van der Waals surface area (Å²) in [6.45, 7) is 2.16. The van der Waals surface area contributed by atoms with Gasteiger partial charge in [0.05, 0.1) is 16.6 Å². The van der Waals surface area contributed by atoms with Crippen molar-refractivity contribution in [3.8, 4) is 0 Å². The van der Waals surface area contributed by atoms with E-state index in [1.54, 1.807) is 25.3 Å². The van der Waals surface area contributed by atoms with E-state index in [0.29, 0.717) is 12.2 Å². The van der Waals surface area contributed by atoms with Gasteiger partial charge in [-0.05, 0) is 59.3 Å². The van der Waals surface area contributed by atoms with Crippen LogP contribution in [0.4, 0.5) is 11.5 Å². The largest absolute Gasteiger partial charge is 0.462 e. The molecule has 0 aliphatic carbocycles. The van der Waals surface area contributed by atoms with Crippen molar-refractivity contribution in [3.63, 3.8) is 0 Å². The van der Waals surface area contributed by atoms with Gasteiger partial charge in [0.1, 0.15) is 5.82 Å². The zero-order valence-electron chi connectivity index (χ0n) is 10.4. The maximum absolute atomic E-state index is 11.5. The molecular weight excluding hydrogens is 308 g/mol. The standard InChI is InChI=1S/C14H13BrN2O2/c1-2-19-14(18)10-5-7-11(8-6-10)17-13-12(15)4-3-9-16-13/h3-9H,2H2,1H3,(H,16,17). The first kappa shape index (κ1) is 13.5. The number of nitrogens with zero attached hydrogens (tertiary/aromatic N) is 1. The molecule has 1 heterocycles. The van der Waals surface area contributed by atoms with Crippen LogP contribution in [0, 0.1) is 0 Å². The number of ether oxygens (including phenoxy) is 1. The number of halogens is 1. The van der Waals surface area contributed by atoms with Crippen molar-refractivity contribution in [2.45, 2.75) is 6.92 Å². The first-order chi connectivity index (χ1) is 9.20. The maximum Gasteiger partial charge on any atom is 0.338 e. The molecule has 4 nitrogen and oxygen atoms in total. The number of esters is 1. The predicted molar refractivity (Wildman–Crippen MR) is 77.6 cm³/mol. The van der Waals surface area contributed by atoms with E-state index < -0.39 is 0 Å². The molecule has 2 rings (SSSR count). The molecule has 0 amide bonds. The van der Waals surface area contributed by atoms with Crippen molar-refractivity contribution in [2.24, 2.45) is 0 Å². The predicted octanol–water partition coefficient (Wildman–Crippen LogP) is 3.76. The Bertz CT molecular complexity index is 570. The summed E-state index contributed by atoms with van der Waals surface area (Å²) in [5.74, 6) is 0.416. The molecule has 0 atom stereocenters. The van der Waals surface area contributed by atoms with Gasteiger partial charge in [-0.1, -0.05) is 0 Å². The van der Waals surface area contributed by atoms with Gasteiger partial charge in [0.25, 0.3) is 0 Å². The number of carbonyl (C=O) groups is 1. The van der Waals surface area contributed by atoms with Crippen LogP contribution in [0.25, 0.3) is 0 Å². The summed E-state index contributed by atoms with van der Waals surface area (Å²) in [5.41, 5.74) is 1.39. The van der Waals surface area contributed by atoms with Crippen LogP contribution >= 0.6 is 15.9 Å². The maximum atomic E-state index is 11.5. The SMILES string of the molecule is CCOC(=O)c1ccc(Nc2ncccc2Br)cc1. The van der Waals surface area contributed by atoms with Gasteiger partial charge in [-0.3, -0.25) is 0 Å². The number of carbonyl (C=O) groups excluding carboxylic acids is 1. The third-order valence-corrected chi connectivity index (χ3v) is 3.06. The highest BCUT2D eigenvalue weighted by Crippen LogP contribution is 2.23. The molecule has 0 bridgehead atoms. The molecule has 0 fully saturated rings. The number of pyridine rings is 1. The van der Waals surface area contributed by atoms with Crippen LogP contribution in [-0.4, -0.2) is 17.6 Å². The molecule has 98 valence electrons. The van der Waals surface area contributed by atoms with Crippen LogP contribution in [0.15, 0.2) is 47.1 Å². The number of nitrogens with one attached hydrogen (secondary N) is 1. The van der Waals surface area contributed by atoms with Crippen LogP contribution < -0.4 is 5.32 Å². The second-order valence-electron chi connectivity index (χ2n) is 3.76. The summed E-state index contributed by atoms with van der Waals surface area (Å²) in [5, 5.41) is 3.16. The smallest absolute Gasteiger partial charge is 0.338 e. The van der Waals surface area contributed by atoms with Crippen molar-refractivity contribution >= 4 is 33.4 Å². The Hall–Kier alpha value is -1.88. The number of benzene rings is 1. The molecule has 0 aliphatic heterocycles. The average Bonchev–Trinajstić information content (AvgIpc) is 2.42. The van der Waals surface area contributed by atoms with E-state index in [2.05, 4.69) is 26.2 Å². The van der Waals surface area contributed by atoms with Gasteiger partial charge in [-0.25, -0.2) is 9.78 Å². The molecule has 1 aromatic carbocycles. The summed E-state index contributed by atoms with van der Waals surface area (Å²) in [7, 11) is 0. The normalized spacial score (nSPS) is 10.0. The molecule has 0 saturated heterocycles. The number of aromatic nitrogens is 1. The van der Waals surface area contributed by atoms with Crippen molar-refractivity contribution < 1.29 is 9.53 Å². The van der Waals surface area contributed by atoms with Crippen LogP contribution in [0.3, 0.4) is 0 Å². The zero-order valence-corrected chi connectivity index (χ0v) is 12.0. The molecule has 1 aromatic heterocycles. The van der Waals surface area contributed by atoms with Gasteiger partial charge in [0, 0.05) is 11.9 Å². The molecule has 19 heavy (non-hydrogen) atoms. The van der Waals surface area contributed by atoms with E-state index >= 15 is 0 Å². The summed E-state index contributed by atoms with van der Waals surface area (Å²) < 4.78 is 5.81. The lowest BCUT2D eigenvalue weighted by Gasteiger charge is -2.08. The summed E-state index contributed by atoms with van der Waals surface area (Å²) in [6, 6.07) is 10.8. The van der Waals surface area contributed by atoms with Crippen molar-refractivity contribution in [2.75, 3.05) is 11.9 Å². The summed E-state index contributed by atoms with van der Waals surface area (Å²) in [6.07, 6.45) is 1.71. The highest BCUT2D eigenvalue weighted by Gasteiger charge is 2.06. The molecule has 0 spiro atoms. The first-order valence-corrected chi connectivity index (χ1v) is 6.64. The second-order valence-corrected chi connectivity index (χ2v) is 4.61. The fourth-order valence-corrected chi connectivity index (χ4v) is 1.87. The Morgan fingerprint density at radius 2 is 2.05 bits per heavy atom. The quantitative estimate of drug-likeness (QED) is 0.871. The molecule has 0 saturated carbocycles. The monoisotopic (exact) mass is 320 g/mol. The second kappa shape index (κ2) is 6.33. The first-order valence-electron chi connectivity index (χ1n) is 5.85. The van der Waals surface area contributed by atoms with Crippen molar-refractivity contribution in [1.82, 2.24) is 4.98 Å². The summed E-state index contributed by atoms with van der Waals surface area (Å²) in [4.78, 5) is 15.7. The lowest BCUT2D eigenvalue weighted by molar-refractivity contribution is 0.0526. The van der Waals surface area contributed by atoms with Crippen LogP contribution in [0.5, 0.6) is 0 Å². The fourth-order valence-electron chi connectivity index (χ4n) is 1.52. The van der Waals surface area contributed by atoms with E-state index in [1.807, 2.05) is 24.3 Å². The Kier molecular flexibility index (Phi) is 4.52. The Morgan fingerprint density at radius 1 is 1.32 bits per heavy atom. The number of hydrogen-bond acceptors (Lipinski definition) is 4. The Morgan fingerprint density at radius 3 is 2.68 bits per heavy atom. The van der Waals surface area contributed by atoms with Gasteiger partial charge >= 0.3 is 5.97 Å². The van der Waals surface area contributed by atoms with Gasteiger partial charge in [0.15, 0.2) is 0 Å². The molecule has 2 aromatic rings. The number of rotatable bonds is 4. The van der Waals surface area contributed by atoms with E-state index in [0.717, 1.165) is 16.0 Å². The minimum Gasteiger partial charge on any atom is -0.462 e. The van der Waals surface area contributed by atoms with Gasteiger partial charge in [0.2, 0.25) is 0 Å². The van der Waals surface area contributed by atoms with Gasteiger partial charge < -0.3 is 10.1 Å². The molecule has 0 radical (unpaired) electrons. The van der Waals surface area contributed by atoms with E-state index in [-0.39, 0.29) is 5.97 Å². The highest BCUT2D eigenvalue weighted by molar-refractivity contribution is 9.10. The van der Waals surface area contributed by atoms with Crippen molar-refractivity contribution in [1.29, 1.82) is 0 Å². The average molecular weight is 321 g/mol. The lowest BCUT2D eigenvalue weighted by atomic mass is 10.2. The third kappa shape index (κ3) is 3.54. The van der Waals surface area contributed by atoms with Crippen molar-refractivity contribution in [3.05, 3.63) is 52.6 Å². The third-order valence-electron chi connectivity index (χ3n) is 2.42. The lowest BCUT2D eigenvalue weighted by Crippen LogP contribution is -2.04. The van der Waals surface area contributed by atoms with E-state index in [1.165, 1.54) is 0 Å². The number of anilines is 2. The van der Waals surface area contributed by atoms with Gasteiger partial charge in [-0.15, -0.1) is 0 Å². The van der Waals surface area contributed by atoms with E-state index in [4.69, 9.17) is 4.74 Å². The van der Waals surface area contributed by atoms with Crippen LogP contribution in [0.2, 0.25) is 0 Å². The molecular formula is C14H13BrN2O2. The minimum atomic E-state index is -0.312. The summed E-state index contributed by atoms with van der Waals surface area (Å²) >= 11 is 3.41. The van der Waals surface area contributed by atoms with Crippen LogP contribution in [-0.2, 0) is 4.74 Å². The molecule has 0 aliphatic rings. The minimum absolute atomic E-state index is 0.312. The highest BCUT2D eigenvalue weighted by atomic mass is 79.9. The fraction of sp³-hybridized carbons (Fsp3) is 0.143. The topological polar surface area (TPSA) is 51.2 Å². The van der Waals surface area contributed by atoms with Gasteiger partial charge in [-0.2, -0.15) is 0 Å². The molecule has 0 unspecified atom stereocenters. The van der Waals surface area contributed by atoms with E-state index in [9.17, 15) is 4.79 Å². The molecule has 1 N–H and O–H groups in total. The Balaban J connectivity index is 2.11. The van der Waals surface area contributed by atoms with Crippen LogP contribution in [0.1, 0.15) is 17.3 Å². The number of hydrogen-bond donors (Lipinski definition) is 1. The Labute approximate surface area is 119 Å². The molecule has 5 heteroatoms. The zero-order chi connectivity index (χ0) is 13.7.